The van der Waals surface area contributed by atoms with Crippen molar-refractivity contribution < 1.29 is 80.2 Å². The summed E-state index contributed by atoms with van der Waals surface area (Å²) in [6.45, 7) is 4.78. The van der Waals surface area contributed by atoms with Crippen molar-refractivity contribution in [1.82, 2.24) is 0 Å². The summed E-state index contributed by atoms with van der Waals surface area (Å²) >= 11 is 0. The summed E-state index contributed by atoms with van der Waals surface area (Å²) in [5.74, 6) is -2.24. The molecule has 0 bridgehead atoms. The van der Waals surface area contributed by atoms with E-state index in [1.165, 1.54) is 135 Å². The lowest BCUT2D eigenvalue weighted by Gasteiger charge is -2.21. The lowest BCUT2D eigenvalue weighted by Crippen LogP contribution is -2.30. The molecule has 0 saturated heterocycles. The van der Waals surface area contributed by atoms with Gasteiger partial charge in [-0.05, 0) is 116 Å². The molecule has 580 valence electrons. The first kappa shape index (κ1) is 96.2. The van der Waals surface area contributed by atoms with Gasteiger partial charge in [-0.3, -0.25) is 37.3 Å². The molecule has 0 amide bonds. The zero-order valence-corrected chi connectivity index (χ0v) is 65.2. The zero-order valence-electron chi connectivity index (χ0n) is 63.4. The molecule has 0 radical (unpaired) electrons. The van der Waals surface area contributed by atoms with E-state index in [1.54, 1.807) is 0 Å². The lowest BCUT2D eigenvalue weighted by molar-refractivity contribution is -0.161. The number of unbranched alkanes of at least 4 members (excludes halogenated alkanes) is 36. The van der Waals surface area contributed by atoms with Gasteiger partial charge in [0, 0.05) is 25.7 Å². The number of aliphatic hydroxyl groups excluding tert-OH is 1. The quantitative estimate of drug-likeness (QED) is 0.0128. The van der Waals surface area contributed by atoms with E-state index in [2.05, 4.69) is 101 Å². The summed E-state index contributed by atoms with van der Waals surface area (Å²) < 4.78 is 68.5. The highest BCUT2D eigenvalue weighted by Crippen LogP contribution is 2.45. The molecular weight excluding hydrogens is 1310 g/mol. The predicted octanol–water partition coefficient (Wildman–Crippen LogP) is 23.0. The van der Waals surface area contributed by atoms with E-state index in [1.807, 2.05) is 12.2 Å². The van der Waals surface area contributed by atoms with E-state index in [4.69, 9.17) is 37.0 Å². The molecule has 100 heavy (non-hydrogen) atoms. The average molecular weight is 1450 g/mol. The molecule has 5 atom stereocenters. The summed E-state index contributed by atoms with van der Waals surface area (Å²) in [5, 5.41) is 10.6. The number of phosphoric acid groups is 2. The van der Waals surface area contributed by atoms with Gasteiger partial charge in [-0.25, -0.2) is 9.13 Å². The molecule has 0 spiro atoms. The van der Waals surface area contributed by atoms with Crippen molar-refractivity contribution in [2.45, 2.75) is 367 Å². The molecule has 0 aliphatic rings. The minimum absolute atomic E-state index is 0.0669. The number of phosphoric ester groups is 2. The van der Waals surface area contributed by atoms with E-state index >= 15 is 0 Å². The van der Waals surface area contributed by atoms with Crippen LogP contribution in [0.25, 0.3) is 0 Å². The lowest BCUT2D eigenvalue weighted by atomic mass is 10.0. The van der Waals surface area contributed by atoms with Gasteiger partial charge in [0.05, 0.1) is 26.4 Å². The molecule has 0 rings (SSSR count). The first-order chi connectivity index (χ1) is 48.7. The molecule has 0 heterocycles. The summed E-state index contributed by atoms with van der Waals surface area (Å²) in [6, 6.07) is 0. The van der Waals surface area contributed by atoms with Crippen LogP contribution in [-0.4, -0.2) is 96.7 Å². The van der Waals surface area contributed by atoms with Gasteiger partial charge in [0.2, 0.25) is 0 Å². The van der Waals surface area contributed by atoms with E-state index in [0.29, 0.717) is 32.1 Å². The molecule has 3 N–H and O–H groups in total. The van der Waals surface area contributed by atoms with Crippen LogP contribution < -0.4 is 0 Å². The highest BCUT2D eigenvalue weighted by molar-refractivity contribution is 7.47. The summed E-state index contributed by atoms with van der Waals surface area (Å²) in [7, 11) is -9.96. The van der Waals surface area contributed by atoms with Gasteiger partial charge in [-0.2, -0.15) is 0 Å². The van der Waals surface area contributed by atoms with Crippen LogP contribution >= 0.6 is 15.6 Å². The standard InChI is InChI=1S/C81H144O17P2/c1-5-9-13-17-21-25-29-33-36-37-40-43-46-50-54-58-62-66-79(84)92-72-77(98-81(86)68-64-60-56-52-48-44-39-35-31-27-23-19-15-11-7-3)74-96-100(89,90)94-70-75(82)69-93-99(87,88)95-73-76(97-80(85)67-63-59-55-51-47-41-32-28-24-20-16-12-8-4)71-91-78(83)65-61-57-53-49-45-42-38-34-30-26-22-18-14-10-6-2/h21,25,27,31,33-36,38-40,43,50,54,75-77,82H,5-20,22-24,26,28-30,32,37,41-42,44-49,51-53,55-74H2,1-4H3,(H,87,88)(H,89,90)/b25-21-,31-27-,36-33-,38-34-,39-35-,43-40-,54-50-/t75-,76+,77+/m0/s1. The molecule has 0 aromatic carbocycles. The highest BCUT2D eigenvalue weighted by atomic mass is 31.2. The molecule has 2 unspecified atom stereocenters. The number of carbonyl (C=O) groups excluding carboxylic acids is 4. The number of rotatable bonds is 75. The fourth-order valence-corrected chi connectivity index (χ4v) is 12.3. The van der Waals surface area contributed by atoms with Crippen LogP contribution in [0.15, 0.2) is 85.1 Å². The Kier molecular flexibility index (Phi) is 70.8. The summed E-state index contributed by atoms with van der Waals surface area (Å²) in [5.41, 5.74) is 0. The third kappa shape index (κ3) is 72.6. The first-order valence-corrected chi connectivity index (χ1v) is 42.8. The van der Waals surface area contributed by atoms with Crippen molar-refractivity contribution in [3.63, 3.8) is 0 Å². The monoisotopic (exact) mass is 1450 g/mol. The maximum Gasteiger partial charge on any atom is 0.472 e. The van der Waals surface area contributed by atoms with E-state index in [0.717, 1.165) is 128 Å². The molecule has 0 saturated carbocycles. The number of carbonyl (C=O) groups is 4. The largest absolute Gasteiger partial charge is 0.472 e. The highest BCUT2D eigenvalue weighted by Gasteiger charge is 2.30. The Balaban J connectivity index is 5.39. The summed E-state index contributed by atoms with van der Waals surface area (Å²) in [6.07, 6.45) is 75.7. The molecule has 0 aliphatic heterocycles. The van der Waals surface area contributed by atoms with Gasteiger partial charge in [-0.1, -0.05) is 293 Å². The number of ether oxygens (including phenoxy) is 4. The van der Waals surface area contributed by atoms with Crippen molar-refractivity contribution in [1.29, 1.82) is 0 Å². The van der Waals surface area contributed by atoms with Gasteiger partial charge in [0.1, 0.15) is 19.3 Å². The number of aliphatic hydroxyl groups is 1. The minimum Gasteiger partial charge on any atom is -0.462 e. The third-order valence-electron chi connectivity index (χ3n) is 16.9. The average Bonchev–Trinajstić information content (AvgIpc) is 1.06. The number of allylic oxidation sites excluding steroid dienone is 14. The Labute approximate surface area is 608 Å². The number of esters is 4. The van der Waals surface area contributed by atoms with Crippen LogP contribution in [0, 0.1) is 0 Å². The zero-order chi connectivity index (χ0) is 73.2. The Hall–Kier alpha value is -3.76. The fourth-order valence-electron chi connectivity index (χ4n) is 10.7. The van der Waals surface area contributed by atoms with Crippen LogP contribution in [0.3, 0.4) is 0 Å². The molecular formula is C81H144O17P2. The third-order valence-corrected chi connectivity index (χ3v) is 18.8. The Bertz CT molecular complexity index is 2230. The van der Waals surface area contributed by atoms with Crippen LogP contribution in [0.1, 0.15) is 349 Å². The first-order valence-electron chi connectivity index (χ1n) is 39.8. The molecule has 0 aliphatic carbocycles. The van der Waals surface area contributed by atoms with Gasteiger partial charge in [-0.15, -0.1) is 0 Å². The van der Waals surface area contributed by atoms with Crippen molar-refractivity contribution in [2.24, 2.45) is 0 Å². The second-order valence-electron chi connectivity index (χ2n) is 26.7. The van der Waals surface area contributed by atoms with Crippen molar-refractivity contribution in [3.05, 3.63) is 85.1 Å². The Morgan fingerprint density at radius 2 is 0.530 bits per heavy atom. The van der Waals surface area contributed by atoms with E-state index in [-0.39, 0.29) is 25.7 Å². The van der Waals surface area contributed by atoms with Crippen molar-refractivity contribution in [2.75, 3.05) is 39.6 Å². The van der Waals surface area contributed by atoms with Crippen molar-refractivity contribution >= 4 is 39.5 Å². The van der Waals surface area contributed by atoms with E-state index in [9.17, 15) is 43.2 Å². The van der Waals surface area contributed by atoms with Crippen LogP contribution in [0.2, 0.25) is 0 Å². The molecule has 17 nitrogen and oxygen atoms in total. The predicted molar refractivity (Wildman–Crippen MR) is 409 cm³/mol. The SMILES string of the molecule is CCCCC/C=C\C/C=C\C/C=C\C/C=C\CCCC(=O)OC[C@H](COP(=O)(O)OC[C@@H](O)COP(=O)(O)OC[C@@H](COC(=O)CCCCCCC/C=C\CCCCCCCC)OC(=O)CCCCCCCCCCCCCCC)OC(=O)CCCCCCC/C=C\C=C/CCCCCC. The Morgan fingerprint density at radius 1 is 0.290 bits per heavy atom. The fraction of sp³-hybridized carbons (Fsp3) is 0.778. The minimum atomic E-state index is -4.99. The summed E-state index contributed by atoms with van der Waals surface area (Å²) in [4.78, 5) is 72.9. The van der Waals surface area contributed by atoms with Crippen LogP contribution in [0.4, 0.5) is 0 Å². The second-order valence-corrected chi connectivity index (χ2v) is 29.6. The topological polar surface area (TPSA) is 237 Å². The van der Waals surface area contributed by atoms with Crippen LogP contribution in [-0.2, 0) is 65.4 Å². The second kappa shape index (κ2) is 73.5. The number of hydrogen-bond donors (Lipinski definition) is 3. The van der Waals surface area contributed by atoms with E-state index < -0.39 is 97.5 Å². The van der Waals surface area contributed by atoms with Crippen molar-refractivity contribution in [3.8, 4) is 0 Å². The van der Waals surface area contributed by atoms with Gasteiger partial charge in [0.25, 0.3) is 0 Å². The maximum absolute atomic E-state index is 13.1. The molecule has 19 heteroatoms. The van der Waals surface area contributed by atoms with Gasteiger partial charge < -0.3 is 33.8 Å². The Morgan fingerprint density at radius 3 is 0.890 bits per heavy atom. The molecule has 0 fully saturated rings. The van der Waals surface area contributed by atoms with Gasteiger partial charge >= 0.3 is 39.5 Å². The smallest absolute Gasteiger partial charge is 0.462 e. The van der Waals surface area contributed by atoms with Gasteiger partial charge in [0.15, 0.2) is 12.2 Å². The number of hydrogen-bond acceptors (Lipinski definition) is 15. The molecule has 0 aromatic heterocycles. The van der Waals surface area contributed by atoms with Crippen LogP contribution in [0.5, 0.6) is 0 Å². The normalized spacial score (nSPS) is 14.3. The molecule has 0 aromatic rings. The maximum atomic E-state index is 13.1.